The van der Waals surface area contributed by atoms with Crippen molar-refractivity contribution < 1.29 is 0 Å². The highest BCUT2D eigenvalue weighted by Gasteiger charge is 2.13. The molecule has 0 aliphatic rings. The summed E-state index contributed by atoms with van der Waals surface area (Å²) in [5.41, 5.74) is 4.71. The van der Waals surface area contributed by atoms with Crippen molar-refractivity contribution in [1.29, 1.82) is 0 Å². The Hall–Kier alpha value is -1.39. The Morgan fingerprint density at radius 3 is 2.75 bits per heavy atom. The highest BCUT2D eigenvalue weighted by Crippen LogP contribution is 2.26. The zero-order chi connectivity index (χ0) is 14.3. The lowest BCUT2D eigenvalue weighted by Crippen LogP contribution is -2.06. The molecule has 1 heterocycles. The molecule has 0 bridgehead atoms. The van der Waals surface area contributed by atoms with E-state index in [-0.39, 0.29) is 6.04 Å². The van der Waals surface area contributed by atoms with Crippen molar-refractivity contribution >= 4 is 39.2 Å². The molecule has 2 nitrogen and oxygen atoms in total. The number of aryl methyl sites for hydroxylation is 1. The topological polar surface area (TPSA) is 20.7 Å². The molecule has 0 aliphatic heterocycles. The average molecular weight is 347 g/mol. The van der Waals surface area contributed by atoms with E-state index in [0.29, 0.717) is 0 Å². The van der Waals surface area contributed by atoms with Crippen LogP contribution in [0.25, 0.3) is 11.0 Å². The minimum Gasteiger partial charge on any atom is -0.331 e. The molecule has 3 aromatic rings. The number of imidazole rings is 1. The van der Waals surface area contributed by atoms with Gasteiger partial charge in [0.25, 0.3) is 0 Å². The highest BCUT2D eigenvalue weighted by molar-refractivity contribution is 9.10. The predicted molar refractivity (Wildman–Crippen MR) is 89.8 cm³/mol. The fourth-order valence-electron chi connectivity index (χ4n) is 2.54. The summed E-state index contributed by atoms with van der Waals surface area (Å²) in [6.07, 6.45) is 0. The van der Waals surface area contributed by atoms with E-state index in [1.807, 2.05) is 6.07 Å². The fourth-order valence-corrected chi connectivity index (χ4v) is 3.33. The number of fused-ring (bicyclic) bond motifs is 1. The second-order valence-corrected chi connectivity index (χ2v) is 6.35. The van der Waals surface area contributed by atoms with Gasteiger partial charge in [0.05, 0.1) is 17.1 Å². The lowest BCUT2D eigenvalue weighted by molar-refractivity contribution is 0.649. The van der Waals surface area contributed by atoms with E-state index in [0.717, 1.165) is 20.3 Å². The number of rotatable bonds is 2. The van der Waals surface area contributed by atoms with Crippen LogP contribution in [0.15, 0.2) is 46.9 Å². The maximum absolute atomic E-state index is 5.50. The molecule has 0 saturated heterocycles. The number of nitrogens with zero attached hydrogens (tertiary/aromatic N) is 1. The molecule has 1 aromatic heterocycles. The third-order valence-corrected chi connectivity index (χ3v) is 4.38. The van der Waals surface area contributed by atoms with Gasteiger partial charge in [-0.3, -0.25) is 0 Å². The number of H-pyrrole nitrogens is 1. The SMILES string of the molecule is Cc1ccc2c(c1)[nH]c(=S)n2C(C)c1cccc(Br)c1. The Labute approximate surface area is 131 Å². The molecule has 0 radical (unpaired) electrons. The second-order valence-electron chi connectivity index (χ2n) is 5.05. The van der Waals surface area contributed by atoms with Crippen molar-refractivity contribution in [3.8, 4) is 0 Å². The third kappa shape index (κ3) is 2.34. The van der Waals surface area contributed by atoms with E-state index in [4.69, 9.17) is 12.2 Å². The first-order valence-corrected chi connectivity index (χ1v) is 7.73. The first kappa shape index (κ1) is 13.6. The number of benzene rings is 2. The van der Waals surface area contributed by atoms with E-state index in [9.17, 15) is 0 Å². The number of hydrogen-bond acceptors (Lipinski definition) is 1. The van der Waals surface area contributed by atoms with Gasteiger partial charge in [-0.2, -0.15) is 0 Å². The van der Waals surface area contributed by atoms with Crippen molar-refractivity contribution in [2.45, 2.75) is 19.9 Å². The standard InChI is InChI=1S/C16H15BrN2S/c1-10-6-7-15-14(8-10)18-16(20)19(15)11(2)12-4-3-5-13(17)9-12/h3-9,11H,1-2H3,(H,18,20). The molecule has 4 heteroatoms. The van der Waals surface area contributed by atoms with Crippen molar-refractivity contribution in [3.63, 3.8) is 0 Å². The summed E-state index contributed by atoms with van der Waals surface area (Å²) >= 11 is 9.03. The summed E-state index contributed by atoms with van der Waals surface area (Å²) in [7, 11) is 0. The molecule has 0 amide bonds. The molecule has 3 rings (SSSR count). The normalized spacial score (nSPS) is 12.8. The summed E-state index contributed by atoms with van der Waals surface area (Å²) in [6.45, 7) is 4.26. The molecule has 0 saturated carbocycles. The number of aromatic amines is 1. The van der Waals surface area contributed by atoms with Gasteiger partial charge in [-0.05, 0) is 61.5 Å². The van der Waals surface area contributed by atoms with Crippen LogP contribution in [0.4, 0.5) is 0 Å². The van der Waals surface area contributed by atoms with Crippen LogP contribution in [0, 0.1) is 11.7 Å². The van der Waals surface area contributed by atoms with Gasteiger partial charge in [0.2, 0.25) is 0 Å². The maximum Gasteiger partial charge on any atom is 0.178 e. The Morgan fingerprint density at radius 2 is 2.00 bits per heavy atom. The molecule has 1 N–H and O–H groups in total. The number of hydrogen-bond donors (Lipinski definition) is 1. The molecular formula is C16H15BrN2S. The van der Waals surface area contributed by atoms with Crippen molar-refractivity contribution in [1.82, 2.24) is 9.55 Å². The zero-order valence-electron chi connectivity index (χ0n) is 11.4. The quantitative estimate of drug-likeness (QED) is 0.617. The van der Waals surface area contributed by atoms with Crippen LogP contribution >= 0.6 is 28.1 Å². The lowest BCUT2D eigenvalue weighted by Gasteiger charge is -2.15. The maximum atomic E-state index is 5.50. The second kappa shape index (κ2) is 5.19. The van der Waals surface area contributed by atoms with Crippen LogP contribution in [0.2, 0.25) is 0 Å². The predicted octanol–water partition coefficient (Wildman–Crippen LogP) is 5.38. The molecule has 20 heavy (non-hydrogen) atoms. The Bertz CT molecular complexity index is 832. The summed E-state index contributed by atoms with van der Waals surface area (Å²) in [6, 6.07) is 14.9. The fraction of sp³-hybridized carbons (Fsp3) is 0.188. The van der Waals surface area contributed by atoms with Gasteiger partial charge >= 0.3 is 0 Å². The Balaban J connectivity index is 2.19. The number of nitrogens with one attached hydrogen (secondary N) is 1. The van der Waals surface area contributed by atoms with Gasteiger partial charge < -0.3 is 9.55 Å². The summed E-state index contributed by atoms with van der Waals surface area (Å²) in [5, 5.41) is 0. The smallest absolute Gasteiger partial charge is 0.178 e. The molecule has 0 aliphatic carbocycles. The lowest BCUT2D eigenvalue weighted by atomic mass is 10.1. The molecule has 0 spiro atoms. The molecule has 2 aromatic carbocycles. The minimum absolute atomic E-state index is 0.191. The monoisotopic (exact) mass is 346 g/mol. The summed E-state index contributed by atoms with van der Waals surface area (Å²) < 4.78 is 4.02. The molecule has 1 unspecified atom stereocenters. The first-order valence-electron chi connectivity index (χ1n) is 6.52. The van der Waals surface area contributed by atoms with Crippen LogP contribution in [0.5, 0.6) is 0 Å². The van der Waals surface area contributed by atoms with Gasteiger partial charge in [-0.1, -0.05) is 34.1 Å². The third-order valence-electron chi connectivity index (χ3n) is 3.59. The van der Waals surface area contributed by atoms with Gasteiger partial charge in [-0.25, -0.2) is 0 Å². The van der Waals surface area contributed by atoms with E-state index in [2.05, 4.69) is 75.7 Å². The van der Waals surface area contributed by atoms with Crippen LogP contribution in [-0.4, -0.2) is 9.55 Å². The minimum atomic E-state index is 0.191. The van der Waals surface area contributed by atoms with Crippen molar-refractivity contribution in [2.24, 2.45) is 0 Å². The largest absolute Gasteiger partial charge is 0.331 e. The van der Waals surface area contributed by atoms with Gasteiger partial charge in [0.1, 0.15) is 0 Å². The van der Waals surface area contributed by atoms with Crippen LogP contribution < -0.4 is 0 Å². The number of halogens is 1. The molecule has 0 fully saturated rings. The average Bonchev–Trinajstić information content (AvgIpc) is 2.73. The Morgan fingerprint density at radius 1 is 1.20 bits per heavy atom. The molecule has 102 valence electrons. The summed E-state index contributed by atoms with van der Waals surface area (Å²) in [4.78, 5) is 3.30. The van der Waals surface area contributed by atoms with Gasteiger partial charge in [0, 0.05) is 4.47 Å². The van der Waals surface area contributed by atoms with Crippen molar-refractivity contribution in [2.75, 3.05) is 0 Å². The van der Waals surface area contributed by atoms with Crippen molar-refractivity contribution in [3.05, 3.63) is 62.8 Å². The van der Waals surface area contributed by atoms with E-state index >= 15 is 0 Å². The number of aromatic nitrogens is 2. The Kier molecular flexibility index (Phi) is 3.52. The van der Waals surface area contributed by atoms with Gasteiger partial charge in [0.15, 0.2) is 4.77 Å². The van der Waals surface area contributed by atoms with Crippen LogP contribution in [0.1, 0.15) is 24.1 Å². The van der Waals surface area contributed by atoms with E-state index < -0.39 is 0 Å². The van der Waals surface area contributed by atoms with Gasteiger partial charge in [-0.15, -0.1) is 0 Å². The summed E-state index contributed by atoms with van der Waals surface area (Å²) in [5.74, 6) is 0. The van der Waals surface area contributed by atoms with E-state index in [1.54, 1.807) is 0 Å². The first-order chi connectivity index (χ1) is 9.56. The molecular weight excluding hydrogens is 332 g/mol. The van der Waals surface area contributed by atoms with Crippen LogP contribution in [0.3, 0.4) is 0 Å². The zero-order valence-corrected chi connectivity index (χ0v) is 13.8. The molecule has 1 atom stereocenters. The van der Waals surface area contributed by atoms with E-state index in [1.165, 1.54) is 11.1 Å². The highest BCUT2D eigenvalue weighted by atomic mass is 79.9. The van der Waals surface area contributed by atoms with Crippen LogP contribution in [-0.2, 0) is 0 Å².